The van der Waals surface area contributed by atoms with E-state index in [1.165, 1.54) is 0 Å². The molecule has 3 N–H and O–H groups in total. The minimum Gasteiger partial charge on any atom is -0.491 e. The van der Waals surface area contributed by atoms with E-state index in [2.05, 4.69) is 0 Å². The molecule has 3 aliphatic rings. The molecule has 0 saturated carbocycles. The van der Waals surface area contributed by atoms with Crippen molar-refractivity contribution in [2.24, 2.45) is 5.73 Å². The third-order valence-corrected chi connectivity index (χ3v) is 6.82. The van der Waals surface area contributed by atoms with Gasteiger partial charge in [0.05, 0.1) is 35.1 Å². The van der Waals surface area contributed by atoms with E-state index in [1.807, 2.05) is 19.1 Å². The lowest BCUT2D eigenvalue weighted by molar-refractivity contribution is -0.172. The first-order chi connectivity index (χ1) is 14.8. The topological polar surface area (TPSA) is 117 Å². The smallest absolute Gasteiger partial charge is 0.343 e. The van der Waals surface area contributed by atoms with Gasteiger partial charge < -0.3 is 24.9 Å². The third kappa shape index (κ3) is 2.18. The molecule has 2 aromatic heterocycles. The van der Waals surface area contributed by atoms with Crippen molar-refractivity contribution in [1.29, 1.82) is 0 Å². The molecule has 3 aromatic rings. The van der Waals surface area contributed by atoms with E-state index in [0.29, 0.717) is 35.7 Å². The van der Waals surface area contributed by atoms with Crippen LogP contribution in [0.2, 0.25) is 0 Å². The average Bonchev–Trinajstić information content (AvgIpc) is 3.13. The van der Waals surface area contributed by atoms with Crippen LogP contribution in [0.15, 0.2) is 23.0 Å². The zero-order valence-corrected chi connectivity index (χ0v) is 17.2. The molecule has 0 fully saturated rings. The zero-order valence-electron chi connectivity index (χ0n) is 17.2. The summed E-state index contributed by atoms with van der Waals surface area (Å²) >= 11 is 0. The second-order valence-corrected chi connectivity index (χ2v) is 8.48. The Bertz CT molecular complexity index is 1390. The van der Waals surface area contributed by atoms with Gasteiger partial charge in [-0.2, -0.15) is 0 Å². The highest BCUT2D eigenvalue weighted by molar-refractivity contribution is 5.95. The van der Waals surface area contributed by atoms with Crippen LogP contribution in [0.3, 0.4) is 0 Å². The SMILES string of the molecule is CC[C@@]1(O)C(=O)OCc2c1cc1n(c2=O)Cc2c-1nc1ccc(C)c3c1c2C(N)CO3. The van der Waals surface area contributed by atoms with Crippen molar-refractivity contribution in [1.82, 2.24) is 9.55 Å². The summed E-state index contributed by atoms with van der Waals surface area (Å²) in [5.41, 5.74) is 9.79. The normalized spacial score (nSPS) is 23.1. The number of carbonyl (C=O) groups excluding carboxylic acids is 1. The second kappa shape index (κ2) is 5.93. The summed E-state index contributed by atoms with van der Waals surface area (Å²) in [6.45, 7) is 4.20. The summed E-state index contributed by atoms with van der Waals surface area (Å²) in [5.74, 6) is 0.0531. The zero-order chi connectivity index (χ0) is 21.7. The summed E-state index contributed by atoms with van der Waals surface area (Å²) < 4.78 is 12.7. The molecular weight excluding hydrogens is 398 g/mol. The first kappa shape index (κ1) is 18.5. The Balaban J connectivity index is 1.69. The number of cyclic esters (lactones) is 1. The van der Waals surface area contributed by atoms with E-state index in [0.717, 1.165) is 33.3 Å². The van der Waals surface area contributed by atoms with E-state index in [9.17, 15) is 14.7 Å². The molecule has 0 radical (unpaired) electrons. The number of rotatable bonds is 1. The fourth-order valence-corrected chi connectivity index (χ4v) is 5.13. The summed E-state index contributed by atoms with van der Waals surface area (Å²) in [4.78, 5) is 30.6. The molecule has 31 heavy (non-hydrogen) atoms. The van der Waals surface area contributed by atoms with Gasteiger partial charge in [-0.3, -0.25) is 4.79 Å². The van der Waals surface area contributed by atoms with Crippen LogP contribution in [0.5, 0.6) is 5.75 Å². The number of nitrogens with zero attached hydrogens (tertiary/aromatic N) is 2. The number of nitrogens with two attached hydrogens (primary N) is 1. The average molecular weight is 419 g/mol. The number of aryl methyl sites for hydroxylation is 1. The predicted octanol–water partition coefficient (Wildman–Crippen LogP) is 1.78. The van der Waals surface area contributed by atoms with Gasteiger partial charge in [0.1, 0.15) is 19.0 Å². The van der Waals surface area contributed by atoms with Gasteiger partial charge in [0.15, 0.2) is 5.60 Å². The molecule has 6 rings (SSSR count). The van der Waals surface area contributed by atoms with Crippen molar-refractivity contribution in [2.45, 2.75) is 45.1 Å². The molecule has 0 saturated heterocycles. The molecule has 1 aromatic carbocycles. The number of carbonyl (C=O) groups is 1. The highest BCUT2D eigenvalue weighted by Gasteiger charge is 2.45. The number of hydrogen-bond donors (Lipinski definition) is 2. The van der Waals surface area contributed by atoms with Crippen LogP contribution < -0.4 is 16.0 Å². The molecule has 5 heterocycles. The Labute approximate surface area is 177 Å². The van der Waals surface area contributed by atoms with Crippen LogP contribution in [0, 0.1) is 6.92 Å². The van der Waals surface area contributed by atoms with Crippen LogP contribution in [0.1, 0.15) is 47.2 Å². The number of fused-ring (bicyclic) bond motifs is 5. The number of esters is 1. The van der Waals surface area contributed by atoms with Crippen molar-refractivity contribution in [3.05, 3.63) is 56.4 Å². The standard InChI is InChI=1S/C23H21N3O5/c1-3-23(29)13-6-16-19-11(7-26(16)21(27)12(13)8-31-22(23)28)17-14(24)9-30-20-10(2)4-5-15(25-19)18(17)20/h4-6,14,29H,3,7-9,24H2,1-2H3/t14?,23-/m0/s1. The molecular formula is C23H21N3O5. The summed E-state index contributed by atoms with van der Waals surface area (Å²) in [5, 5.41) is 11.9. The van der Waals surface area contributed by atoms with Gasteiger partial charge in [0.25, 0.3) is 5.56 Å². The minimum absolute atomic E-state index is 0.107. The number of pyridine rings is 2. The molecule has 0 spiro atoms. The number of aliphatic hydroxyl groups is 1. The molecule has 3 aliphatic heterocycles. The van der Waals surface area contributed by atoms with Crippen LogP contribution in [-0.2, 0) is 28.3 Å². The van der Waals surface area contributed by atoms with E-state index in [1.54, 1.807) is 17.6 Å². The Morgan fingerprint density at radius 2 is 2.10 bits per heavy atom. The van der Waals surface area contributed by atoms with E-state index in [4.69, 9.17) is 20.2 Å². The van der Waals surface area contributed by atoms with Crippen LogP contribution >= 0.6 is 0 Å². The minimum atomic E-state index is -1.84. The van der Waals surface area contributed by atoms with Crippen molar-refractivity contribution in [3.63, 3.8) is 0 Å². The summed E-state index contributed by atoms with van der Waals surface area (Å²) in [7, 11) is 0. The Kier molecular flexibility index (Phi) is 3.54. The molecule has 158 valence electrons. The number of hydrogen-bond acceptors (Lipinski definition) is 7. The maximum absolute atomic E-state index is 13.4. The maximum Gasteiger partial charge on any atom is 0.343 e. The van der Waals surface area contributed by atoms with Gasteiger partial charge in [-0.15, -0.1) is 0 Å². The molecule has 1 unspecified atom stereocenters. The maximum atomic E-state index is 13.4. The van der Waals surface area contributed by atoms with Crippen LogP contribution in [0.25, 0.3) is 22.3 Å². The van der Waals surface area contributed by atoms with E-state index >= 15 is 0 Å². The fraction of sp³-hybridized carbons (Fsp3) is 0.348. The second-order valence-electron chi connectivity index (χ2n) is 8.48. The monoisotopic (exact) mass is 419 g/mol. The van der Waals surface area contributed by atoms with Crippen molar-refractivity contribution < 1.29 is 19.4 Å². The van der Waals surface area contributed by atoms with E-state index in [-0.39, 0.29) is 24.6 Å². The first-order valence-electron chi connectivity index (χ1n) is 10.4. The number of ether oxygens (including phenoxy) is 2. The van der Waals surface area contributed by atoms with Crippen molar-refractivity contribution >= 4 is 16.9 Å². The molecule has 0 bridgehead atoms. The van der Waals surface area contributed by atoms with Crippen LogP contribution in [-0.4, -0.2) is 27.2 Å². The molecule has 8 heteroatoms. The van der Waals surface area contributed by atoms with Crippen molar-refractivity contribution in [3.8, 4) is 17.1 Å². The first-order valence-corrected chi connectivity index (χ1v) is 10.4. The molecule has 0 aliphatic carbocycles. The third-order valence-electron chi connectivity index (χ3n) is 6.82. The van der Waals surface area contributed by atoms with Crippen molar-refractivity contribution in [2.75, 3.05) is 6.61 Å². The van der Waals surface area contributed by atoms with Crippen LogP contribution in [0.4, 0.5) is 0 Å². The number of aromatic nitrogens is 2. The van der Waals surface area contributed by atoms with Gasteiger partial charge in [-0.05, 0) is 36.6 Å². The van der Waals surface area contributed by atoms with E-state index < -0.39 is 11.6 Å². The van der Waals surface area contributed by atoms with Gasteiger partial charge in [0.2, 0.25) is 0 Å². The number of benzene rings is 1. The van der Waals surface area contributed by atoms with Gasteiger partial charge in [-0.25, -0.2) is 9.78 Å². The molecule has 0 amide bonds. The molecule has 8 nitrogen and oxygen atoms in total. The fourth-order valence-electron chi connectivity index (χ4n) is 5.13. The highest BCUT2D eigenvalue weighted by Crippen LogP contribution is 2.45. The largest absolute Gasteiger partial charge is 0.491 e. The lowest BCUT2D eigenvalue weighted by atomic mass is 9.86. The van der Waals surface area contributed by atoms with Gasteiger partial charge >= 0.3 is 5.97 Å². The summed E-state index contributed by atoms with van der Waals surface area (Å²) in [6, 6.07) is 5.26. The molecule has 2 atom stereocenters. The quantitative estimate of drug-likeness (QED) is 0.452. The van der Waals surface area contributed by atoms with Gasteiger partial charge in [0, 0.05) is 16.5 Å². The highest BCUT2D eigenvalue weighted by atomic mass is 16.6. The Hall–Kier alpha value is -3.23. The van der Waals surface area contributed by atoms with Gasteiger partial charge in [-0.1, -0.05) is 13.0 Å². The predicted molar refractivity (Wildman–Crippen MR) is 112 cm³/mol. The summed E-state index contributed by atoms with van der Waals surface area (Å²) in [6.07, 6.45) is 0.107. The lowest BCUT2D eigenvalue weighted by Crippen LogP contribution is -2.44. The lowest BCUT2D eigenvalue weighted by Gasteiger charge is -2.31. The Morgan fingerprint density at radius 1 is 1.29 bits per heavy atom. The Morgan fingerprint density at radius 3 is 2.87 bits per heavy atom.